The molecule has 0 aromatic heterocycles. The number of hydrogen-bond donors (Lipinski definition) is 0. The lowest BCUT2D eigenvalue weighted by Gasteiger charge is -2.36. The van der Waals surface area contributed by atoms with Crippen LogP contribution >= 0.6 is 15.9 Å². The van der Waals surface area contributed by atoms with E-state index in [0.717, 1.165) is 12.5 Å². The average molecular weight is 339 g/mol. The van der Waals surface area contributed by atoms with Crippen LogP contribution in [0.25, 0.3) is 0 Å². The number of ether oxygens (including phenoxy) is 1. The van der Waals surface area contributed by atoms with Crippen LogP contribution in [0.4, 0.5) is 0 Å². The molecule has 1 fully saturated rings. The molecule has 1 aliphatic rings. The molecule has 0 amide bonds. The first-order valence-electron chi connectivity index (χ1n) is 7.77. The van der Waals surface area contributed by atoms with E-state index >= 15 is 0 Å². The maximum atomic E-state index is 5.67. The van der Waals surface area contributed by atoms with Crippen LogP contribution in [0.3, 0.4) is 0 Å². The highest BCUT2D eigenvalue weighted by molar-refractivity contribution is 9.09. The largest absolute Gasteiger partial charge is 0.378 e. The van der Waals surface area contributed by atoms with E-state index in [2.05, 4.69) is 56.6 Å². The molecule has 0 aliphatic heterocycles. The molecule has 0 N–H and O–H groups in total. The lowest BCUT2D eigenvalue weighted by atomic mass is 9.77. The van der Waals surface area contributed by atoms with Gasteiger partial charge < -0.3 is 4.74 Å². The van der Waals surface area contributed by atoms with E-state index in [9.17, 15) is 0 Å². The van der Waals surface area contributed by atoms with E-state index in [-0.39, 0.29) is 0 Å². The Kier molecular flexibility index (Phi) is 5.30. The third kappa shape index (κ3) is 3.28. The first-order valence-corrected chi connectivity index (χ1v) is 8.68. The molecule has 112 valence electrons. The molecule has 1 saturated carbocycles. The summed E-state index contributed by atoms with van der Waals surface area (Å²) in [5.74, 6) is 0.815. The van der Waals surface area contributed by atoms with Crippen LogP contribution in [0.1, 0.15) is 58.8 Å². The zero-order valence-electron chi connectivity index (χ0n) is 13.4. The Labute approximate surface area is 132 Å². The lowest BCUT2D eigenvalue weighted by Crippen LogP contribution is -2.32. The fraction of sp³-hybridized carbons (Fsp3) is 0.667. The highest BCUT2D eigenvalue weighted by Gasteiger charge is 2.32. The van der Waals surface area contributed by atoms with Gasteiger partial charge in [-0.05, 0) is 87.6 Å². The minimum Gasteiger partial charge on any atom is -0.378 e. The van der Waals surface area contributed by atoms with Crippen molar-refractivity contribution in [3.63, 3.8) is 0 Å². The molecule has 1 nitrogen and oxygen atoms in total. The van der Waals surface area contributed by atoms with Gasteiger partial charge in [-0.1, -0.05) is 22.0 Å². The molecule has 0 heterocycles. The van der Waals surface area contributed by atoms with E-state index in [0.29, 0.717) is 10.9 Å². The van der Waals surface area contributed by atoms with Crippen molar-refractivity contribution < 1.29 is 4.74 Å². The lowest BCUT2D eigenvalue weighted by molar-refractivity contribution is -0.0264. The van der Waals surface area contributed by atoms with Crippen molar-refractivity contribution in [2.75, 3.05) is 6.61 Å². The average Bonchev–Trinajstić information content (AvgIpc) is 2.34. The maximum Gasteiger partial charge on any atom is 0.0580 e. The van der Waals surface area contributed by atoms with E-state index in [1.807, 2.05) is 0 Å². The second kappa shape index (κ2) is 6.62. The molecule has 0 radical (unpaired) electrons. The van der Waals surface area contributed by atoms with E-state index in [1.54, 1.807) is 0 Å². The Hall–Kier alpha value is -0.340. The molecule has 0 spiro atoms. The summed E-state index contributed by atoms with van der Waals surface area (Å²) in [5, 5.41) is 0. The van der Waals surface area contributed by atoms with Crippen LogP contribution < -0.4 is 0 Å². The molecular formula is C18H27BrO. The normalized spacial score (nSPS) is 23.5. The van der Waals surface area contributed by atoms with Crippen molar-refractivity contribution in [1.29, 1.82) is 0 Å². The third-order valence-electron chi connectivity index (χ3n) is 4.87. The summed E-state index contributed by atoms with van der Waals surface area (Å²) in [6.07, 6.45) is 4.22. The van der Waals surface area contributed by atoms with Crippen molar-refractivity contribution in [1.82, 2.24) is 0 Å². The van der Waals surface area contributed by atoms with E-state index in [1.165, 1.54) is 47.1 Å². The fourth-order valence-corrected chi connectivity index (χ4v) is 4.58. The Morgan fingerprint density at radius 2 is 1.70 bits per heavy atom. The summed E-state index contributed by atoms with van der Waals surface area (Å²) in [4.78, 5) is 0.480. The number of benzene rings is 1. The highest BCUT2D eigenvalue weighted by Crippen LogP contribution is 2.42. The van der Waals surface area contributed by atoms with Gasteiger partial charge in [-0.2, -0.15) is 0 Å². The van der Waals surface area contributed by atoms with E-state index < -0.39 is 0 Å². The number of alkyl halides is 1. The van der Waals surface area contributed by atoms with Gasteiger partial charge in [0.05, 0.1) is 6.10 Å². The van der Waals surface area contributed by atoms with Crippen molar-refractivity contribution in [3.05, 3.63) is 33.9 Å². The maximum absolute atomic E-state index is 5.67. The van der Waals surface area contributed by atoms with Gasteiger partial charge in [-0.25, -0.2) is 0 Å². The van der Waals surface area contributed by atoms with Crippen molar-refractivity contribution in [2.24, 2.45) is 5.92 Å². The van der Waals surface area contributed by atoms with Crippen LogP contribution in [0.5, 0.6) is 0 Å². The molecule has 2 rings (SSSR count). The van der Waals surface area contributed by atoms with Gasteiger partial charge in [-0.3, -0.25) is 0 Å². The predicted octanol–water partition coefficient (Wildman–Crippen LogP) is 5.56. The summed E-state index contributed by atoms with van der Waals surface area (Å²) in [7, 11) is 0. The van der Waals surface area contributed by atoms with Gasteiger partial charge >= 0.3 is 0 Å². The Balaban J connectivity index is 2.05. The topological polar surface area (TPSA) is 9.23 Å². The Morgan fingerprint density at radius 1 is 1.15 bits per heavy atom. The van der Waals surface area contributed by atoms with Crippen molar-refractivity contribution in [3.8, 4) is 0 Å². The summed E-state index contributed by atoms with van der Waals surface area (Å²) in [6, 6.07) is 2.31. The molecule has 0 saturated heterocycles. The highest BCUT2D eigenvalue weighted by atomic mass is 79.9. The second-order valence-electron chi connectivity index (χ2n) is 6.29. The standard InChI is InChI=1S/C18H27BrO/c1-6-20-16-8-15(9-16)10-17(19)18-13(4)11(2)7-12(3)14(18)5/h7,15-17H,6,8-10H2,1-5H3. The van der Waals surface area contributed by atoms with Gasteiger partial charge in [0.1, 0.15) is 0 Å². The minimum atomic E-state index is 0.480. The van der Waals surface area contributed by atoms with Crippen molar-refractivity contribution >= 4 is 15.9 Å². The van der Waals surface area contributed by atoms with Crippen LogP contribution in [0.15, 0.2) is 6.07 Å². The smallest absolute Gasteiger partial charge is 0.0580 e. The Bertz CT molecular complexity index is 449. The van der Waals surface area contributed by atoms with Crippen molar-refractivity contribution in [2.45, 2.75) is 64.8 Å². The SMILES string of the molecule is CCOC1CC(CC(Br)c2c(C)c(C)cc(C)c2C)C1. The first kappa shape index (κ1) is 16.0. The molecular weight excluding hydrogens is 312 g/mol. The van der Waals surface area contributed by atoms with Gasteiger partial charge in [0, 0.05) is 11.4 Å². The van der Waals surface area contributed by atoms with Crippen LogP contribution in [0.2, 0.25) is 0 Å². The van der Waals surface area contributed by atoms with Gasteiger partial charge in [0.15, 0.2) is 0 Å². The monoisotopic (exact) mass is 338 g/mol. The van der Waals surface area contributed by atoms with Crippen LogP contribution in [0, 0.1) is 33.6 Å². The fourth-order valence-electron chi connectivity index (χ4n) is 3.37. The first-order chi connectivity index (χ1) is 9.43. The molecule has 1 aromatic rings. The summed E-state index contributed by atoms with van der Waals surface area (Å²) >= 11 is 3.95. The summed E-state index contributed by atoms with van der Waals surface area (Å²) in [5.41, 5.74) is 7.25. The zero-order chi connectivity index (χ0) is 14.9. The molecule has 1 atom stereocenters. The number of hydrogen-bond acceptors (Lipinski definition) is 1. The molecule has 1 aliphatic carbocycles. The molecule has 20 heavy (non-hydrogen) atoms. The molecule has 1 unspecified atom stereocenters. The van der Waals surface area contributed by atoms with Crippen LogP contribution in [-0.2, 0) is 4.74 Å². The van der Waals surface area contributed by atoms with Gasteiger partial charge in [0.2, 0.25) is 0 Å². The van der Waals surface area contributed by atoms with E-state index in [4.69, 9.17) is 4.74 Å². The van der Waals surface area contributed by atoms with Gasteiger partial charge in [0.25, 0.3) is 0 Å². The number of aryl methyl sites for hydroxylation is 2. The van der Waals surface area contributed by atoms with Gasteiger partial charge in [-0.15, -0.1) is 0 Å². The second-order valence-corrected chi connectivity index (χ2v) is 7.40. The third-order valence-corrected chi connectivity index (χ3v) is 5.70. The Morgan fingerprint density at radius 3 is 2.20 bits per heavy atom. The molecule has 0 bridgehead atoms. The van der Waals surface area contributed by atoms with Crippen LogP contribution in [-0.4, -0.2) is 12.7 Å². The summed E-state index contributed by atoms with van der Waals surface area (Å²) in [6.45, 7) is 11.9. The number of halogens is 1. The zero-order valence-corrected chi connectivity index (χ0v) is 15.0. The molecule has 1 aromatic carbocycles. The molecule has 2 heteroatoms. The quantitative estimate of drug-likeness (QED) is 0.638. The predicted molar refractivity (Wildman–Crippen MR) is 89.8 cm³/mol. The number of rotatable bonds is 5. The minimum absolute atomic E-state index is 0.480. The summed E-state index contributed by atoms with van der Waals surface area (Å²) < 4.78 is 5.67.